The van der Waals surface area contributed by atoms with Crippen LogP contribution in [0.5, 0.6) is 0 Å². The van der Waals surface area contributed by atoms with Crippen LogP contribution in [0, 0.1) is 0 Å². The highest BCUT2D eigenvalue weighted by molar-refractivity contribution is 5.77. The average molecular weight is 346 g/mol. The molecule has 0 N–H and O–H groups in total. The summed E-state index contributed by atoms with van der Waals surface area (Å²) in [6.45, 7) is 1.83. The van der Waals surface area contributed by atoms with Gasteiger partial charge in [-0.3, -0.25) is 9.69 Å². The maximum atomic E-state index is 13.4. The lowest BCUT2D eigenvalue weighted by atomic mass is 10.1. The van der Waals surface area contributed by atoms with E-state index >= 15 is 0 Å². The van der Waals surface area contributed by atoms with Crippen molar-refractivity contribution in [2.24, 2.45) is 0 Å². The predicted octanol–water partition coefficient (Wildman–Crippen LogP) is 2.25. The molecule has 134 valence electrons. The van der Waals surface area contributed by atoms with E-state index in [1.165, 1.54) is 9.80 Å². The molecule has 2 aliphatic heterocycles. The number of halogens is 3. The Morgan fingerprint density at radius 1 is 1.29 bits per heavy atom. The van der Waals surface area contributed by atoms with Crippen LogP contribution in [-0.2, 0) is 9.53 Å². The number of ether oxygens (including phenoxy) is 1. The minimum absolute atomic E-state index is 0.0664. The van der Waals surface area contributed by atoms with Crippen molar-refractivity contribution in [1.82, 2.24) is 9.80 Å². The number of alkyl halides is 3. The Bertz CT molecular complexity index is 541. The largest absolute Gasteiger partial charge is 0.469 e. The van der Waals surface area contributed by atoms with E-state index in [1.54, 1.807) is 12.3 Å². The van der Waals surface area contributed by atoms with Gasteiger partial charge in [-0.05, 0) is 18.6 Å². The maximum absolute atomic E-state index is 13.4. The quantitative estimate of drug-likeness (QED) is 0.839. The number of amides is 1. The standard InChI is InChI=1S/C16H21F3N2O3/c17-16(18,19)14(20-5-8-23-9-6-20)10-15(22)21-4-3-12(11-21)13-2-1-7-24-13/h1-2,7,12,14H,3-6,8-11H2. The van der Waals surface area contributed by atoms with Gasteiger partial charge in [0.2, 0.25) is 5.91 Å². The lowest BCUT2D eigenvalue weighted by Gasteiger charge is -2.35. The molecule has 0 saturated carbocycles. The summed E-state index contributed by atoms with van der Waals surface area (Å²) in [6, 6.07) is 1.87. The number of hydrogen-bond acceptors (Lipinski definition) is 4. The number of nitrogens with zero attached hydrogens (tertiary/aromatic N) is 2. The van der Waals surface area contributed by atoms with Crippen molar-refractivity contribution in [3.05, 3.63) is 24.2 Å². The number of hydrogen-bond donors (Lipinski definition) is 0. The van der Waals surface area contributed by atoms with Gasteiger partial charge in [0, 0.05) is 32.1 Å². The zero-order chi connectivity index (χ0) is 17.2. The van der Waals surface area contributed by atoms with Crippen LogP contribution in [0.25, 0.3) is 0 Å². The second-order valence-corrected chi connectivity index (χ2v) is 6.25. The monoisotopic (exact) mass is 346 g/mol. The van der Waals surface area contributed by atoms with Crippen molar-refractivity contribution in [2.75, 3.05) is 39.4 Å². The Kier molecular flexibility index (Phi) is 5.15. The van der Waals surface area contributed by atoms with Gasteiger partial charge in [0.15, 0.2) is 0 Å². The van der Waals surface area contributed by atoms with Gasteiger partial charge in [0.1, 0.15) is 11.8 Å². The van der Waals surface area contributed by atoms with Gasteiger partial charge in [-0.1, -0.05) is 0 Å². The van der Waals surface area contributed by atoms with Crippen molar-refractivity contribution in [2.45, 2.75) is 31.0 Å². The van der Waals surface area contributed by atoms with Crippen LogP contribution in [-0.4, -0.2) is 67.3 Å². The van der Waals surface area contributed by atoms with Gasteiger partial charge < -0.3 is 14.1 Å². The highest BCUT2D eigenvalue weighted by atomic mass is 19.4. The van der Waals surface area contributed by atoms with E-state index in [9.17, 15) is 18.0 Å². The molecule has 0 radical (unpaired) electrons. The molecule has 2 fully saturated rings. The summed E-state index contributed by atoms with van der Waals surface area (Å²) in [4.78, 5) is 15.2. The molecule has 0 spiro atoms. The first-order valence-corrected chi connectivity index (χ1v) is 8.15. The topological polar surface area (TPSA) is 45.9 Å². The Morgan fingerprint density at radius 2 is 2.04 bits per heavy atom. The molecule has 0 bridgehead atoms. The molecule has 8 heteroatoms. The van der Waals surface area contributed by atoms with E-state index in [2.05, 4.69) is 0 Å². The number of carbonyl (C=O) groups excluding carboxylic acids is 1. The molecular formula is C16H21F3N2O3. The van der Waals surface area contributed by atoms with Crippen molar-refractivity contribution in [3.63, 3.8) is 0 Å². The minimum atomic E-state index is -4.42. The third kappa shape index (κ3) is 3.92. The maximum Gasteiger partial charge on any atom is 0.404 e. The highest BCUT2D eigenvalue weighted by Crippen LogP contribution is 2.31. The Hall–Kier alpha value is -1.54. The Morgan fingerprint density at radius 3 is 2.67 bits per heavy atom. The predicted molar refractivity (Wildman–Crippen MR) is 79.5 cm³/mol. The first kappa shape index (κ1) is 17.3. The number of morpholine rings is 1. The number of likely N-dealkylation sites (tertiary alicyclic amines) is 1. The molecule has 3 rings (SSSR count). The molecule has 1 amide bonds. The fourth-order valence-corrected chi connectivity index (χ4v) is 3.38. The first-order chi connectivity index (χ1) is 11.4. The summed E-state index contributed by atoms with van der Waals surface area (Å²) in [6.07, 6.45) is -2.67. The summed E-state index contributed by atoms with van der Waals surface area (Å²) < 4.78 is 50.6. The van der Waals surface area contributed by atoms with Gasteiger partial charge in [-0.15, -0.1) is 0 Å². The molecule has 2 saturated heterocycles. The molecule has 0 aliphatic carbocycles. The third-order valence-electron chi connectivity index (χ3n) is 4.72. The van der Waals surface area contributed by atoms with Crippen molar-refractivity contribution in [1.29, 1.82) is 0 Å². The smallest absolute Gasteiger partial charge is 0.404 e. The van der Waals surface area contributed by atoms with Gasteiger partial charge >= 0.3 is 6.18 Å². The van der Waals surface area contributed by atoms with Gasteiger partial charge in [-0.25, -0.2) is 0 Å². The van der Waals surface area contributed by atoms with Crippen LogP contribution in [0.15, 0.2) is 22.8 Å². The van der Waals surface area contributed by atoms with Crippen LogP contribution in [0.4, 0.5) is 13.2 Å². The first-order valence-electron chi connectivity index (χ1n) is 8.15. The van der Waals surface area contributed by atoms with Crippen LogP contribution in [0.1, 0.15) is 24.5 Å². The van der Waals surface area contributed by atoms with Gasteiger partial charge in [-0.2, -0.15) is 13.2 Å². The number of rotatable bonds is 4. The van der Waals surface area contributed by atoms with E-state index in [1.807, 2.05) is 6.07 Å². The zero-order valence-corrected chi connectivity index (χ0v) is 13.3. The molecule has 5 nitrogen and oxygen atoms in total. The van der Waals surface area contributed by atoms with E-state index < -0.39 is 24.5 Å². The highest BCUT2D eigenvalue weighted by Gasteiger charge is 2.46. The molecule has 24 heavy (non-hydrogen) atoms. The fourth-order valence-electron chi connectivity index (χ4n) is 3.38. The molecule has 2 atom stereocenters. The van der Waals surface area contributed by atoms with Crippen molar-refractivity contribution < 1.29 is 27.1 Å². The molecule has 1 aromatic rings. The van der Waals surface area contributed by atoms with Crippen LogP contribution in [0.3, 0.4) is 0 Å². The molecule has 0 aromatic carbocycles. The van der Waals surface area contributed by atoms with E-state index in [0.717, 1.165) is 5.76 Å². The SMILES string of the molecule is O=C(CC(N1CCOCC1)C(F)(F)F)N1CCC(c2ccco2)C1. The zero-order valence-electron chi connectivity index (χ0n) is 13.3. The van der Waals surface area contributed by atoms with Gasteiger partial charge in [0.05, 0.1) is 25.9 Å². The van der Waals surface area contributed by atoms with E-state index in [-0.39, 0.29) is 32.2 Å². The Labute approximate surface area is 138 Å². The summed E-state index contributed by atoms with van der Waals surface area (Å²) in [5.41, 5.74) is 0. The van der Waals surface area contributed by atoms with Crippen LogP contribution >= 0.6 is 0 Å². The summed E-state index contributed by atoms with van der Waals surface area (Å²) in [5, 5.41) is 0. The lowest BCUT2D eigenvalue weighted by Crippen LogP contribution is -2.52. The molecule has 1 aromatic heterocycles. The lowest BCUT2D eigenvalue weighted by molar-refractivity contribution is -0.196. The molecule has 3 heterocycles. The van der Waals surface area contributed by atoms with Crippen LogP contribution in [0.2, 0.25) is 0 Å². The third-order valence-corrected chi connectivity index (χ3v) is 4.72. The minimum Gasteiger partial charge on any atom is -0.469 e. The van der Waals surface area contributed by atoms with Crippen LogP contribution < -0.4 is 0 Å². The van der Waals surface area contributed by atoms with Crippen molar-refractivity contribution >= 4 is 5.91 Å². The van der Waals surface area contributed by atoms with Crippen molar-refractivity contribution in [3.8, 4) is 0 Å². The molecule has 2 unspecified atom stereocenters. The van der Waals surface area contributed by atoms with Gasteiger partial charge in [0.25, 0.3) is 0 Å². The summed E-state index contributed by atoms with van der Waals surface area (Å²) >= 11 is 0. The second kappa shape index (κ2) is 7.14. The second-order valence-electron chi connectivity index (χ2n) is 6.25. The number of furan rings is 1. The Balaban J connectivity index is 1.61. The number of carbonyl (C=O) groups is 1. The molecule has 2 aliphatic rings. The summed E-state index contributed by atoms with van der Waals surface area (Å²) in [7, 11) is 0. The average Bonchev–Trinajstić information content (AvgIpc) is 3.22. The van der Waals surface area contributed by atoms with E-state index in [4.69, 9.17) is 9.15 Å². The summed E-state index contributed by atoms with van der Waals surface area (Å²) in [5.74, 6) is 0.403. The normalized spacial score (nSPS) is 24.3. The fraction of sp³-hybridized carbons (Fsp3) is 0.688. The van der Waals surface area contributed by atoms with E-state index in [0.29, 0.717) is 19.5 Å². The molecular weight excluding hydrogens is 325 g/mol.